The van der Waals surface area contributed by atoms with E-state index in [-0.39, 0.29) is 0 Å². The van der Waals surface area contributed by atoms with E-state index in [2.05, 4.69) is 46.4 Å². The molecule has 2 heteroatoms. The minimum Gasteiger partial charge on any atom is -0.398 e. The van der Waals surface area contributed by atoms with E-state index in [1.165, 1.54) is 11.1 Å². The molecule has 14 heavy (non-hydrogen) atoms. The van der Waals surface area contributed by atoms with E-state index >= 15 is 0 Å². The van der Waals surface area contributed by atoms with Crippen LogP contribution in [0.5, 0.6) is 0 Å². The molecule has 0 spiro atoms. The molecule has 0 aliphatic rings. The average molecular weight is 209 g/mol. The molecule has 1 aromatic carbocycles. The Kier molecular flexibility index (Phi) is 3.48. The molecule has 0 saturated carbocycles. The van der Waals surface area contributed by atoms with Gasteiger partial charge in [-0.2, -0.15) is 0 Å². The van der Waals surface area contributed by atoms with E-state index in [0.29, 0.717) is 11.8 Å². The highest BCUT2D eigenvalue weighted by Gasteiger charge is 2.14. The molecular formula is C12H19NS. The van der Waals surface area contributed by atoms with Gasteiger partial charge >= 0.3 is 0 Å². The zero-order valence-electron chi connectivity index (χ0n) is 9.33. The zero-order chi connectivity index (χ0) is 10.9. The summed E-state index contributed by atoms with van der Waals surface area (Å²) in [6.07, 6.45) is 0. The minimum atomic E-state index is 0.458. The maximum Gasteiger partial charge on any atom is 0.0487 e. The van der Waals surface area contributed by atoms with Crippen LogP contribution < -0.4 is 5.73 Å². The SMILES string of the molecule is CC(C)c1ccc(S)c(N)c1C(C)C. The highest BCUT2D eigenvalue weighted by molar-refractivity contribution is 7.80. The van der Waals surface area contributed by atoms with Crippen LogP contribution >= 0.6 is 12.6 Å². The first-order valence-electron chi connectivity index (χ1n) is 5.06. The Hall–Kier alpha value is -0.630. The van der Waals surface area contributed by atoms with Crippen LogP contribution in [0.3, 0.4) is 0 Å². The van der Waals surface area contributed by atoms with Crippen molar-refractivity contribution in [2.75, 3.05) is 5.73 Å². The number of thiol groups is 1. The molecule has 0 amide bonds. The van der Waals surface area contributed by atoms with Gasteiger partial charge < -0.3 is 5.73 Å². The molecule has 0 bridgehead atoms. The number of rotatable bonds is 2. The second-order valence-electron chi connectivity index (χ2n) is 4.31. The smallest absolute Gasteiger partial charge is 0.0487 e. The van der Waals surface area contributed by atoms with E-state index < -0.39 is 0 Å². The van der Waals surface area contributed by atoms with Crippen LogP contribution in [-0.2, 0) is 0 Å². The largest absolute Gasteiger partial charge is 0.398 e. The number of hydrogen-bond donors (Lipinski definition) is 2. The van der Waals surface area contributed by atoms with Gasteiger partial charge in [0.25, 0.3) is 0 Å². The summed E-state index contributed by atoms with van der Waals surface area (Å²) >= 11 is 4.35. The molecule has 0 unspecified atom stereocenters. The van der Waals surface area contributed by atoms with Gasteiger partial charge in [-0.15, -0.1) is 12.6 Å². The summed E-state index contributed by atoms with van der Waals surface area (Å²) in [5.74, 6) is 0.975. The summed E-state index contributed by atoms with van der Waals surface area (Å²) in [7, 11) is 0. The minimum absolute atomic E-state index is 0.458. The summed E-state index contributed by atoms with van der Waals surface area (Å²) in [5.41, 5.74) is 9.49. The van der Waals surface area contributed by atoms with Crippen molar-refractivity contribution in [2.45, 2.75) is 44.4 Å². The second kappa shape index (κ2) is 4.26. The Morgan fingerprint density at radius 2 is 1.64 bits per heavy atom. The van der Waals surface area contributed by atoms with Crippen molar-refractivity contribution < 1.29 is 0 Å². The van der Waals surface area contributed by atoms with Crippen molar-refractivity contribution in [3.8, 4) is 0 Å². The van der Waals surface area contributed by atoms with Crippen LogP contribution in [-0.4, -0.2) is 0 Å². The van der Waals surface area contributed by atoms with E-state index in [0.717, 1.165) is 10.6 Å². The predicted molar refractivity (Wildman–Crippen MR) is 66.3 cm³/mol. The third kappa shape index (κ3) is 2.06. The molecule has 0 aliphatic carbocycles. The number of nitrogens with two attached hydrogens (primary N) is 1. The Morgan fingerprint density at radius 3 is 2.07 bits per heavy atom. The number of anilines is 1. The van der Waals surface area contributed by atoms with Gasteiger partial charge in [-0.05, 0) is 29.0 Å². The summed E-state index contributed by atoms with van der Waals surface area (Å²) in [6.45, 7) is 8.73. The van der Waals surface area contributed by atoms with E-state index in [1.807, 2.05) is 6.07 Å². The molecule has 0 radical (unpaired) electrons. The van der Waals surface area contributed by atoms with Crippen molar-refractivity contribution in [2.24, 2.45) is 0 Å². The molecule has 0 atom stereocenters. The molecule has 0 aliphatic heterocycles. The summed E-state index contributed by atoms with van der Waals surface area (Å²) < 4.78 is 0. The lowest BCUT2D eigenvalue weighted by Gasteiger charge is -2.19. The van der Waals surface area contributed by atoms with Crippen molar-refractivity contribution in [3.63, 3.8) is 0 Å². The van der Waals surface area contributed by atoms with Crippen LogP contribution in [0, 0.1) is 0 Å². The lowest BCUT2D eigenvalue weighted by atomic mass is 9.89. The summed E-state index contributed by atoms with van der Waals surface area (Å²) in [6, 6.07) is 4.12. The van der Waals surface area contributed by atoms with Crippen molar-refractivity contribution in [1.29, 1.82) is 0 Å². The number of hydrogen-bond acceptors (Lipinski definition) is 2. The summed E-state index contributed by atoms with van der Waals surface area (Å²) in [4.78, 5) is 0.887. The highest BCUT2D eigenvalue weighted by atomic mass is 32.1. The number of nitrogen functional groups attached to an aromatic ring is 1. The predicted octanol–water partition coefficient (Wildman–Crippen LogP) is 3.80. The van der Waals surface area contributed by atoms with E-state index in [1.54, 1.807) is 0 Å². The lowest BCUT2D eigenvalue weighted by molar-refractivity contribution is 0.789. The molecular weight excluding hydrogens is 190 g/mol. The maximum absolute atomic E-state index is 6.05. The first-order chi connectivity index (χ1) is 6.45. The van der Waals surface area contributed by atoms with Gasteiger partial charge in [-0.25, -0.2) is 0 Å². The standard InChI is InChI=1S/C12H19NS/c1-7(2)9-5-6-10(14)12(13)11(9)8(3)4/h5-8,14H,13H2,1-4H3. The Labute approximate surface area is 92.1 Å². The van der Waals surface area contributed by atoms with Crippen molar-refractivity contribution in [3.05, 3.63) is 23.3 Å². The normalized spacial score (nSPS) is 11.4. The van der Waals surface area contributed by atoms with Gasteiger partial charge in [-0.1, -0.05) is 33.8 Å². The molecule has 1 aromatic rings. The van der Waals surface area contributed by atoms with Crippen LogP contribution in [0.25, 0.3) is 0 Å². The topological polar surface area (TPSA) is 26.0 Å². The zero-order valence-corrected chi connectivity index (χ0v) is 10.2. The van der Waals surface area contributed by atoms with Crippen LogP contribution in [0.1, 0.15) is 50.7 Å². The Balaban J connectivity index is 3.38. The van der Waals surface area contributed by atoms with Gasteiger partial charge in [0.1, 0.15) is 0 Å². The third-order valence-electron chi connectivity index (χ3n) is 2.50. The fourth-order valence-electron chi connectivity index (χ4n) is 1.79. The first kappa shape index (κ1) is 11.4. The molecule has 0 fully saturated rings. The molecule has 0 saturated heterocycles. The highest BCUT2D eigenvalue weighted by Crippen LogP contribution is 2.34. The quantitative estimate of drug-likeness (QED) is 0.562. The lowest BCUT2D eigenvalue weighted by Crippen LogP contribution is -2.04. The monoisotopic (exact) mass is 209 g/mol. The average Bonchev–Trinajstić information content (AvgIpc) is 2.08. The molecule has 1 rings (SSSR count). The van der Waals surface area contributed by atoms with Gasteiger partial charge in [0.15, 0.2) is 0 Å². The Morgan fingerprint density at radius 1 is 1.07 bits per heavy atom. The molecule has 2 N–H and O–H groups in total. The first-order valence-corrected chi connectivity index (χ1v) is 5.51. The molecule has 0 aromatic heterocycles. The maximum atomic E-state index is 6.05. The third-order valence-corrected chi connectivity index (χ3v) is 2.89. The fraction of sp³-hybridized carbons (Fsp3) is 0.500. The van der Waals surface area contributed by atoms with Crippen molar-refractivity contribution >= 4 is 18.3 Å². The Bertz CT molecular complexity index is 329. The number of benzene rings is 1. The van der Waals surface area contributed by atoms with Crippen molar-refractivity contribution in [1.82, 2.24) is 0 Å². The van der Waals surface area contributed by atoms with Gasteiger partial charge in [0.2, 0.25) is 0 Å². The molecule has 78 valence electrons. The van der Waals surface area contributed by atoms with Gasteiger partial charge in [0, 0.05) is 10.6 Å². The van der Waals surface area contributed by atoms with Crippen LogP contribution in [0.4, 0.5) is 5.69 Å². The van der Waals surface area contributed by atoms with Gasteiger partial charge in [0.05, 0.1) is 0 Å². The second-order valence-corrected chi connectivity index (χ2v) is 4.79. The van der Waals surface area contributed by atoms with E-state index in [4.69, 9.17) is 5.73 Å². The van der Waals surface area contributed by atoms with Gasteiger partial charge in [-0.3, -0.25) is 0 Å². The van der Waals surface area contributed by atoms with Crippen LogP contribution in [0.2, 0.25) is 0 Å². The molecule has 0 heterocycles. The van der Waals surface area contributed by atoms with Crippen LogP contribution in [0.15, 0.2) is 17.0 Å². The fourth-order valence-corrected chi connectivity index (χ4v) is 1.98. The van der Waals surface area contributed by atoms with E-state index in [9.17, 15) is 0 Å². The summed E-state index contributed by atoms with van der Waals surface area (Å²) in [5, 5.41) is 0. The molecule has 1 nitrogen and oxygen atoms in total.